The summed E-state index contributed by atoms with van der Waals surface area (Å²) in [6.45, 7) is 4.99. The second kappa shape index (κ2) is 11.6. The van der Waals surface area contributed by atoms with Gasteiger partial charge in [0.15, 0.2) is 16.7 Å². The molecule has 1 aliphatic heterocycles. The first kappa shape index (κ1) is 25.1. The van der Waals surface area contributed by atoms with Crippen molar-refractivity contribution >= 4 is 35.1 Å². The first-order valence-corrected chi connectivity index (χ1v) is 12.2. The number of phenols is 1. The predicted octanol–water partition coefficient (Wildman–Crippen LogP) is 5.54. The molecule has 36 heavy (non-hydrogen) atoms. The van der Waals surface area contributed by atoms with E-state index in [4.69, 9.17) is 13.9 Å². The van der Waals surface area contributed by atoms with E-state index in [9.17, 15) is 9.90 Å². The van der Waals surface area contributed by atoms with Crippen molar-refractivity contribution in [3.63, 3.8) is 0 Å². The van der Waals surface area contributed by atoms with Crippen LogP contribution in [0.2, 0.25) is 0 Å². The van der Waals surface area contributed by atoms with Gasteiger partial charge in [0.1, 0.15) is 11.5 Å². The van der Waals surface area contributed by atoms with Crippen molar-refractivity contribution in [2.45, 2.75) is 20.4 Å². The molecule has 0 spiro atoms. The summed E-state index contributed by atoms with van der Waals surface area (Å²) in [6, 6.07) is 15.7. The normalized spacial score (nSPS) is 16.1. The van der Waals surface area contributed by atoms with Crippen LogP contribution >= 0.6 is 11.8 Å². The second-order valence-electron chi connectivity index (χ2n) is 8.42. The number of carbonyl (C=O) groups excluding carboxylic acids is 1. The van der Waals surface area contributed by atoms with Crippen LogP contribution in [0.25, 0.3) is 6.08 Å². The van der Waals surface area contributed by atoms with E-state index in [0.29, 0.717) is 39.9 Å². The third-order valence-electron chi connectivity index (χ3n) is 5.08. The molecule has 0 bridgehead atoms. The van der Waals surface area contributed by atoms with Gasteiger partial charge in [-0.25, -0.2) is 0 Å². The molecule has 2 heterocycles. The largest absolute Gasteiger partial charge is 0.508 e. The van der Waals surface area contributed by atoms with E-state index in [-0.39, 0.29) is 18.2 Å². The maximum atomic E-state index is 13.2. The van der Waals surface area contributed by atoms with Crippen LogP contribution in [0.3, 0.4) is 0 Å². The number of hydrogen-bond acceptors (Lipinski definition) is 8. The van der Waals surface area contributed by atoms with E-state index in [1.807, 2.05) is 18.2 Å². The molecule has 1 N–H and O–H groups in total. The molecule has 4 rings (SSSR count). The summed E-state index contributed by atoms with van der Waals surface area (Å²) in [6.07, 6.45) is 4.92. The lowest BCUT2D eigenvalue weighted by atomic mass is 10.2. The van der Waals surface area contributed by atoms with Gasteiger partial charge in [0.05, 0.1) is 37.6 Å². The molecule has 0 aliphatic carbocycles. The number of carbonyl (C=O) groups is 1. The molecule has 0 radical (unpaired) electrons. The molecule has 0 unspecified atom stereocenters. The average Bonchev–Trinajstić information content (AvgIpc) is 3.48. The molecule has 186 valence electrons. The molecule has 3 aromatic rings. The van der Waals surface area contributed by atoms with Crippen LogP contribution < -0.4 is 9.47 Å². The van der Waals surface area contributed by atoms with Gasteiger partial charge in [0, 0.05) is 0 Å². The number of amidine groups is 1. The van der Waals surface area contributed by atoms with Gasteiger partial charge in [-0.05, 0) is 77.3 Å². The SMILES string of the molecule is COc1cc(/C=N\N=C2\S/C(=C\c3ccc(O)cc3)C(=O)N2Cc2ccco2)ccc1OCC(C)C. The average molecular weight is 506 g/mol. The highest BCUT2D eigenvalue weighted by Gasteiger charge is 2.34. The molecule has 0 saturated carbocycles. The zero-order valence-electron chi connectivity index (χ0n) is 20.2. The molecular formula is C27H27N3O5S. The molecule has 8 nitrogen and oxygen atoms in total. The predicted molar refractivity (Wildman–Crippen MR) is 141 cm³/mol. The fourth-order valence-corrected chi connectivity index (χ4v) is 4.22. The third kappa shape index (κ3) is 6.37. The van der Waals surface area contributed by atoms with E-state index >= 15 is 0 Å². The highest BCUT2D eigenvalue weighted by Crippen LogP contribution is 2.34. The van der Waals surface area contributed by atoms with Gasteiger partial charge >= 0.3 is 0 Å². The van der Waals surface area contributed by atoms with Crippen LogP contribution in [0.4, 0.5) is 0 Å². The second-order valence-corrected chi connectivity index (χ2v) is 9.42. The Kier molecular flexibility index (Phi) is 8.12. The lowest BCUT2D eigenvalue weighted by molar-refractivity contribution is -0.122. The van der Waals surface area contributed by atoms with Gasteiger partial charge in [-0.15, -0.1) is 5.10 Å². The molecule has 1 fully saturated rings. The zero-order chi connectivity index (χ0) is 25.5. The van der Waals surface area contributed by atoms with E-state index in [0.717, 1.165) is 11.1 Å². The Hall–Kier alpha value is -3.98. The summed E-state index contributed by atoms with van der Waals surface area (Å²) in [7, 11) is 1.59. The summed E-state index contributed by atoms with van der Waals surface area (Å²) < 4.78 is 16.7. The molecule has 1 aromatic heterocycles. The summed E-state index contributed by atoms with van der Waals surface area (Å²) >= 11 is 1.23. The van der Waals surface area contributed by atoms with Crippen molar-refractivity contribution in [3.05, 3.63) is 82.7 Å². The number of nitrogens with zero attached hydrogens (tertiary/aromatic N) is 3. The summed E-state index contributed by atoms with van der Waals surface area (Å²) in [4.78, 5) is 15.2. The number of amides is 1. The topological polar surface area (TPSA) is 96.9 Å². The standard InChI is InChI=1S/C27H27N3O5S/c1-18(2)17-35-23-11-8-20(13-24(23)33-3)15-28-29-27-30(16-22-5-4-12-34-22)26(32)25(36-27)14-19-6-9-21(31)10-7-19/h4-15,18,31H,16-17H2,1-3H3/b25-14-,28-15-,29-27+. The minimum absolute atomic E-state index is 0.162. The minimum Gasteiger partial charge on any atom is -0.508 e. The Morgan fingerprint density at radius 1 is 1.11 bits per heavy atom. The van der Waals surface area contributed by atoms with Crippen LogP contribution in [-0.2, 0) is 11.3 Å². The Morgan fingerprint density at radius 2 is 1.89 bits per heavy atom. The molecule has 1 saturated heterocycles. The number of aromatic hydroxyl groups is 1. The van der Waals surface area contributed by atoms with Crippen molar-refractivity contribution in [1.82, 2.24) is 4.90 Å². The Balaban J connectivity index is 1.56. The van der Waals surface area contributed by atoms with E-state index in [2.05, 4.69) is 24.1 Å². The number of methoxy groups -OCH3 is 1. The highest BCUT2D eigenvalue weighted by molar-refractivity contribution is 8.18. The quantitative estimate of drug-likeness (QED) is 0.233. The zero-order valence-corrected chi connectivity index (χ0v) is 21.1. The number of hydrogen-bond donors (Lipinski definition) is 1. The van der Waals surface area contributed by atoms with Crippen molar-refractivity contribution in [2.75, 3.05) is 13.7 Å². The number of thioether (sulfide) groups is 1. The fourth-order valence-electron chi connectivity index (χ4n) is 3.29. The molecule has 0 atom stereocenters. The molecule has 1 amide bonds. The summed E-state index contributed by atoms with van der Waals surface area (Å²) in [5, 5.41) is 18.5. The van der Waals surface area contributed by atoms with Crippen molar-refractivity contribution < 1.29 is 23.8 Å². The number of phenolic OH excluding ortho intramolecular Hbond substituents is 1. The first-order chi connectivity index (χ1) is 17.4. The Labute approximate surface area is 213 Å². The van der Waals surface area contributed by atoms with Crippen LogP contribution in [0.1, 0.15) is 30.7 Å². The number of benzene rings is 2. The third-order valence-corrected chi connectivity index (χ3v) is 6.08. The van der Waals surface area contributed by atoms with Crippen LogP contribution in [-0.4, -0.2) is 41.0 Å². The monoisotopic (exact) mass is 505 g/mol. The van der Waals surface area contributed by atoms with E-state index in [1.165, 1.54) is 16.7 Å². The molecule has 1 aliphatic rings. The van der Waals surface area contributed by atoms with Gasteiger partial charge in [-0.3, -0.25) is 9.69 Å². The first-order valence-electron chi connectivity index (χ1n) is 11.4. The van der Waals surface area contributed by atoms with Crippen LogP contribution in [0.15, 0.2) is 80.4 Å². The van der Waals surface area contributed by atoms with Gasteiger partial charge in [-0.2, -0.15) is 5.10 Å². The Bertz CT molecular complexity index is 1280. The molecular weight excluding hydrogens is 478 g/mol. The molecule has 2 aromatic carbocycles. The summed E-state index contributed by atoms with van der Waals surface area (Å²) in [5.41, 5.74) is 1.57. The molecule has 9 heteroatoms. The summed E-state index contributed by atoms with van der Waals surface area (Å²) in [5.74, 6) is 2.27. The maximum Gasteiger partial charge on any atom is 0.267 e. The van der Waals surface area contributed by atoms with Crippen LogP contribution in [0, 0.1) is 5.92 Å². The maximum absolute atomic E-state index is 13.2. The van der Waals surface area contributed by atoms with Gasteiger partial charge in [0.25, 0.3) is 5.91 Å². The number of rotatable bonds is 9. The van der Waals surface area contributed by atoms with Gasteiger partial charge < -0.3 is 19.0 Å². The fraction of sp³-hybridized carbons (Fsp3) is 0.222. The Morgan fingerprint density at radius 3 is 2.58 bits per heavy atom. The number of ether oxygens (including phenoxy) is 2. The van der Waals surface area contributed by atoms with Crippen molar-refractivity contribution in [1.29, 1.82) is 0 Å². The number of furan rings is 1. The minimum atomic E-state index is -0.202. The highest BCUT2D eigenvalue weighted by atomic mass is 32.2. The van der Waals surface area contributed by atoms with Crippen LogP contribution in [0.5, 0.6) is 17.2 Å². The van der Waals surface area contributed by atoms with Crippen molar-refractivity contribution in [2.24, 2.45) is 16.1 Å². The van der Waals surface area contributed by atoms with Gasteiger partial charge in [-0.1, -0.05) is 26.0 Å². The van der Waals surface area contributed by atoms with Gasteiger partial charge in [0.2, 0.25) is 0 Å². The van der Waals surface area contributed by atoms with E-state index in [1.54, 1.807) is 62.1 Å². The van der Waals surface area contributed by atoms with E-state index < -0.39 is 0 Å². The lowest BCUT2D eigenvalue weighted by Crippen LogP contribution is -2.28. The van der Waals surface area contributed by atoms with Crippen molar-refractivity contribution in [3.8, 4) is 17.2 Å². The smallest absolute Gasteiger partial charge is 0.267 e. The lowest BCUT2D eigenvalue weighted by Gasteiger charge is -2.13.